The number of alkyl halides is 1. The topological polar surface area (TPSA) is 401 Å². The van der Waals surface area contributed by atoms with E-state index in [9.17, 15) is 18.0 Å². The normalized spacial score (nSPS) is 12.2. The minimum Gasteiger partial charge on any atom is -0.493 e. The molecule has 0 saturated carbocycles. The Balaban J connectivity index is 0.000000178. The highest BCUT2D eigenvalue weighted by Gasteiger charge is 2.52. The van der Waals surface area contributed by atoms with E-state index in [0.717, 1.165) is 69.0 Å². The Hall–Kier alpha value is -11.7. The van der Waals surface area contributed by atoms with Crippen molar-refractivity contribution in [2.45, 2.75) is 76.6 Å². The first-order valence-electron chi connectivity index (χ1n) is 39.2. The van der Waals surface area contributed by atoms with Crippen molar-refractivity contribution in [2.75, 3.05) is 80.5 Å². The average Bonchev–Trinajstić information content (AvgIpc) is 1.62. The number of H-pyrrole nitrogens is 1. The highest BCUT2D eigenvalue weighted by Crippen LogP contribution is 2.37. The van der Waals surface area contributed by atoms with E-state index in [0.29, 0.717) is 88.1 Å². The van der Waals surface area contributed by atoms with Crippen molar-refractivity contribution in [3.63, 3.8) is 0 Å². The number of pyridine rings is 4. The summed E-state index contributed by atoms with van der Waals surface area (Å²) in [7, 11) is 5.50. The van der Waals surface area contributed by atoms with Gasteiger partial charge in [-0.15, -0.1) is 17.0 Å². The third-order valence-corrected chi connectivity index (χ3v) is 22.7. The smallest absolute Gasteiger partial charge is 0.493 e. The average molecular weight is 2090 g/mol. The van der Waals surface area contributed by atoms with Crippen LogP contribution in [0.1, 0.15) is 38.8 Å². The summed E-state index contributed by atoms with van der Waals surface area (Å²) in [6.07, 6.45) is 34.9. The molecule has 0 amide bonds. The molecule has 2 aliphatic heterocycles. The maximum Gasteiger partial charge on any atom is 0.496 e. The lowest BCUT2D eigenvalue weighted by Gasteiger charge is -2.32. The van der Waals surface area contributed by atoms with Gasteiger partial charge in [-0.2, -0.15) is 25.4 Å². The lowest BCUT2D eigenvalue weighted by Crippen LogP contribution is -2.41. The number of aromatic nitrogens is 22. The zero-order chi connectivity index (χ0) is 94.9. The number of ether oxygens (including phenoxy) is 6. The number of methoxy groups -OCH3 is 6. The Morgan fingerprint density at radius 3 is 1.33 bits per heavy atom. The van der Waals surface area contributed by atoms with E-state index in [-0.39, 0.29) is 58.1 Å². The molecule has 0 bridgehead atoms. The van der Waals surface area contributed by atoms with Gasteiger partial charge in [0, 0.05) is 163 Å². The summed E-state index contributed by atoms with van der Waals surface area (Å²) < 4.78 is 75.1. The van der Waals surface area contributed by atoms with Crippen LogP contribution in [0.4, 0.5) is 0 Å². The minimum atomic E-state index is -3.69. The molecule has 694 valence electrons. The zero-order valence-corrected chi connectivity index (χ0v) is 84.0. The van der Waals surface area contributed by atoms with Gasteiger partial charge in [-0.3, -0.25) is 14.6 Å². The number of nitrogens with zero attached hydrogens (tertiary/aromatic N) is 22. The first-order chi connectivity index (χ1) is 63.5. The Morgan fingerprint density at radius 1 is 0.489 bits per heavy atom. The third-order valence-electron chi connectivity index (χ3n) is 18.4. The van der Waals surface area contributed by atoms with Gasteiger partial charge in [-0.1, -0.05) is 122 Å². The van der Waals surface area contributed by atoms with Crippen LogP contribution in [0.5, 0.6) is 34.8 Å². The van der Waals surface area contributed by atoms with Gasteiger partial charge in [0.25, 0.3) is 5.56 Å². The zero-order valence-electron chi connectivity index (χ0n) is 74.3. The second-order valence-electron chi connectivity index (χ2n) is 27.8. The summed E-state index contributed by atoms with van der Waals surface area (Å²) in [5.41, 5.74) is 6.07. The lowest BCUT2D eigenvalue weighted by molar-refractivity contribution is 0.00578. The lowest BCUT2D eigenvalue weighted by atomic mass is 9.80. The van der Waals surface area contributed by atoms with Crippen molar-refractivity contribution in [3.8, 4) is 91.8 Å². The van der Waals surface area contributed by atoms with Crippen LogP contribution in [0.25, 0.3) is 57.0 Å². The van der Waals surface area contributed by atoms with Crippen LogP contribution in [-0.4, -0.2) is 222 Å². The molecule has 17 rings (SSSR count). The van der Waals surface area contributed by atoms with Gasteiger partial charge in [0.05, 0.1) is 84.0 Å². The number of hydrogen-bond donors (Lipinski definition) is 1. The van der Waals surface area contributed by atoms with Crippen molar-refractivity contribution in [1.29, 1.82) is 0 Å². The van der Waals surface area contributed by atoms with E-state index >= 15 is 0 Å². The van der Waals surface area contributed by atoms with Crippen LogP contribution >= 0.6 is 115 Å². The summed E-state index contributed by atoms with van der Waals surface area (Å²) in [4.78, 5) is 80.8. The molecule has 0 unspecified atom stereocenters. The first kappa shape index (κ1) is 105. The second-order valence-corrected chi connectivity index (χ2v) is 34.5. The molecule has 0 atom stereocenters. The van der Waals surface area contributed by atoms with Crippen LogP contribution in [0.15, 0.2) is 266 Å². The van der Waals surface area contributed by atoms with E-state index in [1.54, 1.807) is 167 Å². The molecule has 13 aromatic heterocycles. The Labute approximate surface area is 818 Å². The molecule has 15 heterocycles. The Kier molecular flexibility index (Phi) is 40.6. The number of hydrogen-bond acceptors (Lipinski definition) is 33. The molecule has 1 saturated heterocycles. The molecule has 46 heteroatoms. The largest absolute Gasteiger partial charge is 0.496 e. The number of sulfone groups is 1. The molecule has 2 aliphatic rings. The van der Waals surface area contributed by atoms with E-state index in [1.165, 1.54) is 80.1 Å². The number of aromatic amines is 1. The molecule has 2 aromatic carbocycles. The fourth-order valence-electron chi connectivity index (χ4n) is 11.2. The van der Waals surface area contributed by atoms with Crippen LogP contribution < -0.4 is 45.0 Å². The molecular formula is C87H91BBr2Cl3N23O12S5. The van der Waals surface area contributed by atoms with Gasteiger partial charge in [-0.25, -0.2) is 82.0 Å². The summed E-state index contributed by atoms with van der Waals surface area (Å²) in [6, 6.07) is 40.6. The summed E-state index contributed by atoms with van der Waals surface area (Å²) in [6.45, 7) is 9.28. The molecule has 35 nitrogen and oxygen atoms in total. The third kappa shape index (κ3) is 30.9. The van der Waals surface area contributed by atoms with E-state index < -0.39 is 9.84 Å². The van der Waals surface area contributed by atoms with Gasteiger partial charge in [0.1, 0.15) is 15.5 Å². The molecule has 15 aromatic rings. The second kappa shape index (κ2) is 51.5. The Morgan fingerprint density at radius 2 is 0.925 bits per heavy atom. The maximum absolute atomic E-state index is 12.5. The van der Waals surface area contributed by atoms with Crippen molar-refractivity contribution < 1.29 is 46.1 Å². The molecule has 1 N–H and O–H groups in total. The highest BCUT2D eigenvalue weighted by molar-refractivity contribution is 9.08. The number of thioether (sulfide) groups is 4. The predicted molar refractivity (Wildman–Crippen MR) is 530 cm³/mol. The van der Waals surface area contributed by atoms with Crippen molar-refractivity contribution in [2.24, 2.45) is 4.99 Å². The summed E-state index contributed by atoms with van der Waals surface area (Å²) in [5, 5.41) is 20.8. The van der Waals surface area contributed by atoms with Crippen molar-refractivity contribution >= 4 is 143 Å². The van der Waals surface area contributed by atoms with Gasteiger partial charge in [-0.05, 0) is 143 Å². The van der Waals surface area contributed by atoms with E-state index in [2.05, 4.69) is 106 Å². The summed E-state index contributed by atoms with van der Waals surface area (Å²) >= 11 is 26.2. The van der Waals surface area contributed by atoms with Gasteiger partial charge >= 0.3 is 7.12 Å². The van der Waals surface area contributed by atoms with Crippen molar-refractivity contribution in [1.82, 2.24) is 108 Å². The van der Waals surface area contributed by atoms with Crippen LogP contribution in [0.3, 0.4) is 0 Å². The van der Waals surface area contributed by atoms with Gasteiger partial charge in [0.2, 0.25) is 32.3 Å². The highest BCUT2D eigenvalue weighted by atomic mass is 79.9. The van der Waals surface area contributed by atoms with Crippen LogP contribution in [0.2, 0.25) is 15.5 Å². The first-order valence-corrected chi connectivity index (χ1v) is 48.2. The molecule has 0 spiro atoms. The number of benzene rings is 2. The monoisotopic (exact) mass is 2080 g/mol. The number of rotatable bonds is 22. The van der Waals surface area contributed by atoms with E-state index in [4.69, 9.17) is 72.5 Å². The molecule has 1 fully saturated rings. The van der Waals surface area contributed by atoms with E-state index in [1.807, 2.05) is 156 Å². The molecular weight excluding hydrogens is 2000 g/mol. The molecule has 0 radical (unpaired) electrons. The molecule has 133 heavy (non-hydrogen) atoms. The van der Waals surface area contributed by atoms with Gasteiger partial charge < -0.3 is 47.3 Å². The fraction of sp³-hybridized carbons (Fsp3) is 0.230. The maximum atomic E-state index is 12.5. The number of halogens is 5. The summed E-state index contributed by atoms with van der Waals surface area (Å²) in [5.74, 6) is 6.23. The number of nitrogens with one attached hydrogen (secondary N) is 1. The standard InChI is InChI=1S/C22H21N5O5S.C14H13N5OS.C13H11N5OS.C12H18BNO3.C9H11BrO2.C8H7ClN4S.C5H4Cl2N2S.C4H5N.BrH/c1-31-18-7-5-15(11-19(18)32-2)13-26-14-16(6-8-21(26)28)17-12-20(27-10-4-9-23-27)25-22(24-17)33(3,29)30;1-20-13-5-4-10(9-15-13)11-8-12(18-14(17-11)21-2)19-7-3-6-16-19;1-20-13-16-10(9-3-4-12(19)14-8-9)7-11(17-13)18-6-2-5-15-18;1-11(2)12(3,4)17-13(16-11)9-6-7-10(15-5)14-8-9;1-11-8-4-3-7(6-10)5-9(8)12-2;1-14-8-11-6(9)5-7(12-8)13-4-2-3-10-13;1-10-5-8-3(6)2-4(7)9-5;1-2-4-5-3-1;/h4-12,14H,13H2,1-3H3;3-9H,1-2H3;2-8H,1H3,(H,14,19);6-8H,1-5H3;3-5H,6H2,1-2H3;2-5H,1H3;2H,1H3;1-3H,4H2;1H. The quantitative estimate of drug-likeness (QED) is 0.0216. The van der Waals surface area contributed by atoms with Crippen molar-refractivity contribution in [3.05, 3.63) is 273 Å². The number of aliphatic imine (C=N–C) groups is 1. The van der Waals surface area contributed by atoms with Gasteiger partial charge in [0.15, 0.2) is 66.9 Å². The van der Waals surface area contributed by atoms with Crippen LogP contribution in [0, 0.1) is 0 Å². The Bertz CT molecular complexity index is 6490. The molecule has 0 aliphatic carbocycles. The number of allylic oxidation sites excluding steroid dienone is 1. The predicted octanol–water partition coefficient (Wildman–Crippen LogP) is 15.9. The fourth-order valence-corrected chi connectivity index (χ4v) is 14.3. The van der Waals surface area contributed by atoms with Crippen LogP contribution in [-0.2, 0) is 31.0 Å². The SMILES string of the molecule is Br.C1=CCN=C1.COc1ccc(-c2cc(-n3cccn3)nc(SC)n2)cn1.COc1ccc(B2OC(C)(C)C(C)(C)O2)cn1.COc1ccc(CBr)cc1OC.COc1ccc(Cn2cc(-c3cc(-n4cccn4)nc(S(C)(=O)=O)n3)ccc2=O)cc1OC.CSc1nc(-c2ccc(=O)[nH]c2)cc(-n2cccn2)n1.CSc1nc(Cl)cc(-n2cccn2)n1.CSc1nc(Cl)cc(Cl)n1. The minimum absolute atomic E-state index is 0.